The first-order valence-electron chi connectivity index (χ1n) is 8.38. The molecule has 4 nitrogen and oxygen atoms in total. The van der Waals surface area contributed by atoms with Crippen LogP contribution in [0.15, 0.2) is 30.3 Å². The average Bonchev–Trinajstić information content (AvgIpc) is 2.62. The molecule has 0 atom stereocenters. The Morgan fingerprint density at radius 2 is 1.48 bits per heavy atom. The maximum absolute atomic E-state index is 14.3. The highest BCUT2D eigenvalue weighted by Gasteiger charge is 2.73. The predicted octanol–water partition coefficient (Wildman–Crippen LogP) is 6.16. The lowest BCUT2D eigenvalue weighted by atomic mass is 9.92. The quantitative estimate of drug-likeness (QED) is 0.394. The summed E-state index contributed by atoms with van der Waals surface area (Å²) in [7, 11) is 0. The van der Waals surface area contributed by atoms with Crippen LogP contribution in [-0.4, -0.2) is 24.6 Å². The number of carbonyl (C=O) groups excluding carboxylic acids is 1. The van der Waals surface area contributed by atoms with E-state index in [1.807, 2.05) is 0 Å². The van der Waals surface area contributed by atoms with Gasteiger partial charge >= 0.3 is 24.4 Å². The minimum atomic E-state index is -6.62. The molecule has 1 amide bonds. The Labute approximate surface area is 177 Å². The van der Waals surface area contributed by atoms with Gasteiger partial charge in [-0.05, 0) is 36.8 Å². The molecule has 0 aliphatic heterocycles. The smallest absolute Gasteiger partial charge is 0.404 e. The van der Waals surface area contributed by atoms with Gasteiger partial charge in [-0.15, -0.1) is 13.2 Å². The van der Waals surface area contributed by atoms with Gasteiger partial charge in [-0.3, -0.25) is 4.79 Å². The molecule has 2 aromatic carbocycles. The summed E-state index contributed by atoms with van der Waals surface area (Å²) in [6, 6.07) is 2.37. The first-order valence-corrected chi connectivity index (χ1v) is 8.38. The SMILES string of the molecule is Cc1cc(C(F)(C(F)(F)F)C(F)(F)F)cc(OC(F)(F)F)c1NC(=O)c1cccc(N)c1F. The number of nitrogens with one attached hydrogen (secondary N) is 1. The molecule has 2 aromatic rings. The van der Waals surface area contributed by atoms with Crippen molar-refractivity contribution < 1.29 is 57.8 Å². The highest BCUT2D eigenvalue weighted by molar-refractivity contribution is 6.06. The Morgan fingerprint density at radius 1 is 0.939 bits per heavy atom. The van der Waals surface area contributed by atoms with Gasteiger partial charge in [0.25, 0.3) is 5.91 Å². The van der Waals surface area contributed by atoms with Crippen LogP contribution in [0, 0.1) is 12.7 Å². The minimum absolute atomic E-state index is 0.0739. The number of anilines is 2. The number of nitrogen functional groups attached to an aromatic ring is 1. The van der Waals surface area contributed by atoms with Gasteiger partial charge in [0.2, 0.25) is 0 Å². The standard InChI is InChI=1S/C18H11F11N2O2/c1-7-5-8(15(20,16(21,22)23)17(24,25)26)6-11(33-18(27,28)29)13(7)31-14(32)9-3-2-4-10(30)12(9)19/h2-6H,30H2,1H3,(H,31,32). The summed E-state index contributed by atoms with van der Waals surface area (Å²) in [4.78, 5) is 12.3. The normalized spacial score (nSPS) is 13.1. The molecule has 0 unspecified atom stereocenters. The van der Waals surface area contributed by atoms with Crippen molar-refractivity contribution in [2.24, 2.45) is 0 Å². The zero-order valence-electron chi connectivity index (χ0n) is 15.9. The van der Waals surface area contributed by atoms with Crippen LogP contribution < -0.4 is 15.8 Å². The van der Waals surface area contributed by atoms with E-state index in [0.29, 0.717) is 6.92 Å². The first-order chi connectivity index (χ1) is 14.8. The Bertz CT molecular complexity index is 1050. The zero-order valence-corrected chi connectivity index (χ0v) is 15.9. The average molecular weight is 496 g/mol. The van der Waals surface area contributed by atoms with E-state index in [9.17, 15) is 53.1 Å². The van der Waals surface area contributed by atoms with Crippen LogP contribution in [0.3, 0.4) is 0 Å². The van der Waals surface area contributed by atoms with Crippen LogP contribution >= 0.6 is 0 Å². The number of aryl methyl sites for hydroxylation is 1. The van der Waals surface area contributed by atoms with Crippen molar-refractivity contribution in [3.63, 3.8) is 0 Å². The number of ether oxygens (including phenoxy) is 1. The van der Waals surface area contributed by atoms with Crippen LogP contribution in [-0.2, 0) is 5.67 Å². The van der Waals surface area contributed by atoms with Crippen LogP contribution in [0.4, 0.5) is 59.7 Å². The molecule has 0 saturated heterocycles. The number of hydrogen-bond acceptors (Lipinski definition) is 3. The Hall–Kier alpha value is -3.26. The van der Waals surface area contributed by atoms with E-state index < -0.39 is 76.0 Å². The summed E-state index contributed by atoms with van der Waals surface area (Å²) >= 11 is 0. The van der Waals surface area contributed by atoms with Crippen molar-refractivity contribution in [1.82, 2.24) is 0 Å². The molecule has 0 aromatic heterocycles. The Balaban J connectivity index is 2.70. The molecule has 3 N–H and O–H groups in total. The van der Waals surface area contributed by atoms with Crippen molar-refractivity contribution >= 4 is 17.3 Å². The highest BCUT2D eigenvalue weighted by atomic mass is 19.4. The molecule has 15 heteroatoms. The van der Waals surface area contributed by atoms with Gasteiger partial charge in [0, 0.05) is 5.56 Å². The van der Waals surface area contributed by atoms with Crippen molar-refractivity contribution in [2.75, 3.05) is 11.1 Å². The second-order valence-corrected chi connectivity index (χ2v) is 6.53. The highest BCUT2D eigenvalue weighted by Crippen LogP contribution is 2.54. The number of rotatable bonds is 4. The van der Waals surface area contributed by atoms with Crippen LogP contribution in [0.1, 0.15) is 21.5 Å². The summed E-state index contributed by atoms with van der Waals surface area (Å²) in [5.41, 5.74) is -6.43. The molecule has 182 valence electrons. The second-order valence-electron chi connectivity index (χ2n) is 6.53. The lowest BCUT2D eigenvalue weighted by Crippen LogP contribution is -2.50. The number of alkyl halides is 10. The molecule has 0 aliphatic carbocycles. The largest absolute Gasteiger partial charge is 0.573 e. The fraction of sp³-hybridized carbons (Fsp3) is 0.278. The molecule has 0 heterocycles. The summed E-state index contributed by atoms with van der Waals surface area (Å²) in [6.45, 7) is 0.672. The van der Waals surface area contributed by atoms with Crippen molar-refractivity contribution in [2.45, 2.75) is 31.3 Å². The number of nitrogens with two attached hydrogens (primary N) is 1. The number of benzene rings is 2. The van der Waals surface area contributed by atoms with Gasteiger partial charge in [-0.2, -0.15) is 26.3 Å². The van der Waals surface area contributed by atoms with Crippen molar-refractivity contribution in [3.05, 3.63) is 52.8 Å². The number of hydrogen-bond donors (Lipinski definition) is 2. The van der Waals surface area contributed by atoms with E-state index in [-0.39, 0.29) is 6.07 Å². The van der Waals surface area contributed by atoms with Crippen molar-refractivity contribution in [1.29, 1.82) is 0 Å². The summed E-state index contributed by atoms with van der Waals surface area (Å²) in [6.07, 6.45) is -18.9. The Morgan fingerprint density at radius 3 is 1.97 bits per heavy atom. The van der Waals surface area contributed by atoms with Gasteiger partial charge in [-0.1, -0.05) is 6.07 Å². The number of carbonyl (C=O) groups is 1. The van der Waals surface area contributed by atoms with Crippen LogP contribution in [0.5, 0.6) is 5.75 Å². The van der Waals surface area contributed by atoms with Crippen LogP contribution in [0.25, 0.3) is 0 Å². The molecule has 0 spiro atoms. The van der Waals surface area contributed by atoms with Crippen molar-refractivity contribution in [3.8, 4) is 5.75 Å². The third-order valence-electron chi connectivity index (χ3n) is 4.22. The van der Waals surface area contributed by atoms with Gasteiger partial charge < -0.3 is 15.8 Å². The molecule has 0 radical (unpaired) electrons. The minimum Gasteiger partial charge on any atom is -0.404 e. The Kier molecular flexibility index (Phi) is 6.51. The molecule has 0 bridgehead atoms. The number of amides is 1. The molecule has 0 saturated carbocycles. The summed E-state index contributed by atoms with van der Waals surface area (Å²) in [5, 5.41) is 1.70. The van der Waals surface area contributed by atoms with Gasteiger partial charge in [0.15, 0.2) is 11.6 Å². The third-order valence-corrected chi connectivity index (χ3v) is 4.22. The monoisotopic (exact) mass is 496 g/mol. The van der Waals surface area contributed by atoms with Gasteiger partial charge in [0.05, 0.1) is 16.9 Å². The summed E-state index contributed by atoms with van der Waals surface area (Å²) in [5.74, 6) is -4.58. The van der Waals surface area contributed by atoms with Crippen LogP contribution in [0.2, 0.25) is 0 Å². The van der Waals surface area contributed by atoms with Gasteiger partial charge in [-0.25, -0.2) is 8.78 Å². The van der Waals surface area contributed by atoms with E-state index in [2.05, 4.69) is 4.74 Å². The molecule has 0 fully saturated rings. The van der Waals surface area contributed by atoms with E-state index in [0.717, 1.165) is 18.2 Å². The fourth-order valence-electron chi connectivity index (χ4n) is 2.71. The van der Waals surface area contributed by atoms with E-state index in [1.54, 1.807) is 5.32 Å². The van der Waals surface area contributed by atoms with E-state index in [1.165, 1.54) is 0 Å². The maximum atomic E-state index is 14.3. The van der Waals surface area contributed by atoms with E-state index in [4.69, 9.17) is 5.73 Å². The molecule has 2 rings (SSSR count). The molecular formula is C18H11F11N2O2. The lowest BCUT2D eigenvalue weighted by Gasteiger charge is -2.31. The van der Waals surface area contributed by atoms with Gasteiger partial charge in [0.1, 0.15) is 0 Å². The number of halogens is 11. The summed E-state index contributed by atoms with van der Waals surface area (Å²) < 4.78 is 148. The topological polar surface area (TPSA) is 64.3 Å². The fourth-order valence-corrected chi connectivity index (χ4v) is 2.71. The lowest BCUT2D eigenvalue weighted by molar-refractivity contribution is -0.348. The second kappa shape index (κ2) is 8.26. The molecule has 33 heavy (non-hydrogen) atoms. The predicted molar refractivity (Wildman–Crippen MR) is 91.5 cm³/mol. The van der Waals surface area contributed by atoms with E-state index >= 15 is 0 Å². The maximum Gasteiger partial charge on any atom is 0.573 e. The molecular weight excluding hydrogens is 485 g/mol. The molecule has 0 aliphatic rings. The first kappa shape index (κ1) is 26.0. The third kappa shape index (κ3) is 5.06. The zero-order chi connectivity index (χ0) is 25.6.